The molecule has 0 amide bonds. The Balaban J connectivity index is 0. The second-order valence-corrected chi connectivity index (χ2v) is 7.23. The van der Waals surface area contributed by atoms with Crippen molar-refractivity contribution in [1.29, 1.82) is 0 Å². The Bertz CT molecular complexity index is 511. The van der Waals surface area contributed by atoms with Crippen molar-refractivity contribution in [2.45, 2.75) is 99.3 Å². The van der Waals surface area contributed by atoms with Crippen LogP contribution in [0, 0.1) is 11.8 Å². The first-order valence-electron chi connectivity index (χ1n) is 11.9. The van der Waals surface area contributed by atoms with E-state index >= 15 is 0 Å². The maximum atomic E-state index is 9.45. The van der Waals surface area contributed by atoms with Gasteiger partial charge in [0, 0.05) is 0 Å². The molecule has 0 aromatic carbocycles. The van der Waals surface area contributed by atoms with Gasteiger partial charge in [-0.2, -0.15) is 0 Å². The number of hydrogen-bond acceptors (Lipinski definition) is 2. The van der Waals surface area contributed by atoms with Crippen molar-refractivity contribution < 1.29 is 9.90 Å². The Morgan fingerprint density at radius 1 is 0.966 bits per heavy atom. The smallest absolute Gasteiger partial charge is 0.106 e. The first kappa shape index (κ1) is 29.8. The highest BCUT2D eigenvalue weighted by atomic mass is 16.3. The average Bonchev–Trinajstić information content (AvgIpc) is 3.22. The molecule has 3 aliphatic rings. The zero-order chi connectivity index (χ0) is 22.7. The number of allylic oxidation sites excluding steroid dienone is 6. The van der Waals surface area contributed by atoms with Crippen LogP contribution in [0.1, 0.15) is 99.3 Å². The van der Waals surface area contributed by atoms with E-state index in [4.69, 9.17) is 4.79 Å². The Morgan fingerprint density at radius 3 is 2.10 bits per heavy atom. The Kier molecular flexibility index (Phi) is 20.4. The van der Waals surface area contributed by atoms with Gasteiger partial charge in [-0.25, -0.2) is 0 Å². The number of fused-ring (bicyclic) bond motifs is 1. The van der Waals surface area contributed by atoms with Crippen molar-refractivity contribution in [3.63, 3.8) is 0 Å². The van der Waals surface area contributed by atoms with E-state index in [0.29, 0.717) is 11.8 Å². The first-order valence-corrected chi connectivity index (χ1v) is 11.9. The minimum Gasteiger partial charge on any atom is -0.392 e. The molecule has 3 aliphatic carbocycles. The predicted molar refractivity (Wildman–Crippen MR) is 130 cm³/mol. The van der Waals surface area contributed by atoms with Crippen LogP contribution in [0.3, 0.4) is 0 Å². The molecule has 1 unspecified atom stereocenters. The molecule has 2 atom stereocenters. The van der Waals surface area contributed by atoms with E-state index in [0.717, 1.165) is 6.42 Å². The maximum Gasteiger partial charge on any atom is 0.106 e. The van der Waals surface area contributed by atoms with E-state index in [1.807, 2.05) is 34.5 Å². The minimum absolute atomic E-state index is 0.256. The Morgan fingerprint density at radius 2 is 1.55 bits per heavy atom. The third-order valence-corrected chi connectivity index (χ3v) is 5.36. The van der Waals surface area contributed by atoms with Gasteiger partial charge in [0.15, 0.2) is 0 Å². The molecular weight excluding hydrogens is 356 g/mol. The fourth-order valence-corrected chi connectivity index (χ4v) is 4.15. The van der Waals surface area contributed by atoms with E-state index in [-0.39, 0.29) is 6.61 Å². The second-order valence-electron chi connectivity index (χ2n) is 7.23. The Hall–Kier alpha value is -1.41. The van der Waals surface area contributed by atoms with Gasteiger partial charge < -0.3 is 9.90 Å². The van der Waals surface area contributed by atoms with Crippen molar-refractivity contribution >= 4 is 6.79 Å². The molecule has 0 aromatic rings. The molecule has 0 saturated heterocycles. The van der Waals surface area contributed by atoms with E-state index in [1.165, 1.54) is 68.1 Å². The molecule has 0 radical (unpaired) electrons. The average molecular weight is 405 g/mol. The number of carbonyl (C=O) groups is 1. The fraction of sp³-hybridized carbons (Fsp3) is 0.667. The zero-order valence-electron chi connectivity index (χ0n) is 20.2. The SMILES string of the molecule is C=C1CCCC/C1=C/C=C1\CCC[C@@H]2C(CO)=CCC12.C=O.CC.CC.CCC. The lowest BCUT2D eigenvalue weighted by Gasteiger charge is -2.30. The number of rotatable bonds is 2. The molecule has 2 fully saturated rings. The van der Waals surface area contributed by atoms with Gasteiger partial charge in [0.05, 0.1) is 6.61 Å². The number of aliphatic hydroxyl groups is 1. The summed E-state index contributed by atoms with van der Waals surface area (Å²) in [5.41, 5.74) is 5.71. The highest BCUT2D eigenvalue weighted by Gasteiger charge is 2.33. The van der Waals surface area contributed by atoms with Crippen LogP contribution in [0.5, 0.6) is 0 Å². The monoisotopic (exact) mass is 404 g/mol. The molecule has 0 spiro atoms. The van der Waals surface area contributed by atoms with E-state index < -0.39 is 0 Å². The van der Waals surface area contributed by atoms with Crippen LogP contribution < -0.4 is 0 Å². The zero-order valence-corrected chi connectivity index (χ0v) is 20.2. The summed E-state index contributed by atoms with van der Waals surface area (Å²) in [6, 6.07) is 0. The third kappa shape index (κ3) is 10.3. The summed E-state index contributed by atoms with van der Waals surface area (Å²) in [7, 11) is 0. The van der Waals surface area contributed by atoms with Gasteiger partial charge in [-0.05, 0) is 74.3 Å². The standard InChI is InChI=1S/C19H26O.C3H8.2C2H6.CH2O/c1-14-5-2-3-6-15(14)9-10-16-7-4-8-18-17(13-20)11-12-19(16)18;1-3-2;3*1-2/h9-11,18-20H,1-8,12-13H2;3H2,1-2H3;2*1-2H3;1H2/b15-9-,16-10+;;;;/t18-,19?;;;;/m1..../s1. The van der Waals surface area contributed by atoms with Gasteiger partial charge in [0.2, 0.25) is 0 Å². The van der Waals surface area contributed by atoms with E-state index in [9.17, 15) is 5.11 Å². The molecule has 0 aliphatic heterocycles. The third-order valence-electron chi connectivity index (χ3n) is 5.36. The summed E-state index contributed by atoms with van der Waals surface area (Å²) in [6.07, 6.45) is 18.2. The van der Waals surface area contributed by atoms with E-state index in [2.05, 4.69) is 38.7 Å². The summed E-state index contributed by atoms with van der Waals surface area (Å²) >= 11 is 0. The van der Waals surface area contributed by atoms with Crippen LogP contribution in [-0.4, -0.2) is 18.5 Å². The van der Waals surface area contributed by atoms with Gasteiger partial charge in [0.1, 0.15) is 6.79 Å². The van der Waals surface area contributed by atoms with Crippen LogP contribution in [0.15, 0.2) is 47.1 Å². The summed E-state index contributed by atoms with van der Waals surface area (Å²) in [4.78, 5) is 8.00. The number of aliphatic hydroxyl groups excluding tert-OH is 1. The van der Waals surface area contributed by atoms with Gasteiger partial charge in [-0.3, -0.25) is 0 Å². The van der Waals surface area contributed by atoms with Crippen LogP contribution in [0.2, 0.25) is 0 Å². The summed E-state index contributed by atoms with van der Waals surface area (Å²) < 4.78 is 0. The maximum absolute atomic E-state index is 9.45. The number of carbonyl (C=O) groups excluding carboxylic acids is 1. The molecule has 0 aromatic heterocycles. The lowest BCUT2D eigenvalue weighted by Crippen LogP contribution is -2.20. The van der Waals surface area contributed by atoms with Crippen molar-refractivity contribution in [2.75, 3.05) is 6.61 Å². The highest BCUT2D eigenvalue weighted by molar-refractivity contribution is 5.36. The van der Waals surface area contributed by atoms with Crippen molar-refractivity contribution in [1.82, 2.24) is 0 Å². The molecule has 2 heteroatoms. The normalized spacial score (nSPS) is 24.9. The first-order chi connectivity index (χ1) is 14.2. The van der Waals surface area contributed by atoms with Gasteiger partial charge in [-0.1, -0.05) is 83.9 Å². The lowest BCUT2D eigenvalue weighted by molar-refractivity contribution is -0.0979. The van der Waals surface area contributed by atoms with Crippen molar-refractivity contribution in [2.24, 2.45) is 11.8 Å². The molecule has 0 bridgehead atoms. The van der Waals surface area contributed by atoms with Gasteiger partial charge in [0.25, 0.3) is 0 Å². The predicted octanol–water partition coefficient (Wildman–Crippen LogP) is 7.99. The molecule has 0 heterocycles. The van der Waals surface area contributed by atoms with Crippen LogP contribution in [0.25, 0.3) is 0 Å². The second kappa shape index (κ2) is 19.9. The Labute approximate surface area is 181 Å². The molecule has 1 N–H and O–H groups in total. The largest absolute Gasteiger partial charge is 0.392 e. The summed E-state index contributed by atoms with van der Waals surface area (Å²) in [6.45, 7) is 18.7. The fourth-order valence-electron chi connectivity index (χ4n) is 4.15. The quantitative estimate of drug-likeness (QED) is 0.473. The minimum atomic E-state index is 0.256. The molecular formula is C27H48O2. The van der Waals surface area contributed by atoms with E-state index in [1.54, 1.807) is 5.57 Å². The highest BCUT2D eigenvalue weighted by Crippen LogP contribution is 2.45. The van der Waals surface area contributed by atoms with Gasteiger partial charge in [-0.15, -0.1) is 0 Å². The summed E-state index contributed by atoms with van der Waals surface area (Å²) in [5.74, 6) is 1.28. The molecule has 3 rings (SSSR count). The van der Waals surface area contributed by atoms with Crippen molar-refractivity contribution in [3.8, 4) is 0 Å². The van der Waals surface area contributed by atoms with Crippen LogP contribution >= 0.6 is 0 Å². The lowest BCUT2D eigenvalue weighted by atomic mass is 9.75. The topological polar surface area (TPSA) is 37.3 Å². The van der Waals surface area contributed by atoms with Gasteiger partial charge >= 0.3 is 0 Å². The molecule has 2 nitrogen and oxygen atoms in total. The van der Waals surface area contributed by atoms with Crippen LogP contribution in [0.4, 0.5) is 0 Å². The molecule has 29 heavy (non-hydrogen) atoms. The summed E-state index contributed by atoms with van der Waals surface area (Å²) in [5, 5.41) is 9.45. The van der Waals surface area contributed by atoms with Crippen molar-refractivity contribution in [3.05, 3.63) is 47.1 Å². The molecule has 168 valence electrons. The number of hydrogen-bond donors (Lipinski definition) is 1. The molecule has 2 saturated carbocycles. The van der Waals surface area contributed by atoms with Crippen LogP contribution in [-0.2, 0) is 4.79 Å².